The molecular weight excluding hydrogens is 330 g/mol. The lowest BCUT2D eigenvalue weighted by Crippen LogP contribution is -2.52. The minimum Gasteiger partial charge on any atom is -0.383 e. The van der Waals surface area contributed by atoms with Crippen LogP contribution in [0.1, 0.15) is 67.3 Å². The van der Waals surface area contributed by atoms with Gasteiger partial charge in [-0.25, -0.2) is 0 Å². The van der Waals surface area contributed by atoms with E-state index in [-0.39, 0.29) is 23.9 Å². The van der Waals surface area contributed by atoms with E-state index in [9.17, 15) is 9.90 Å². The number of piperidine rings is 1. The zero-order chi connectivity index (χ0) is 18.6. The molecule has 2 fully saturated rings. The summed E-state index contributed by atoms with van der Waals surface area (Å²) < 4.78 is 3.44. The molecular formula is C19H27N5O2. The number of rotatable bonds is 3. The van der Waals surface area contributed by atoms with Gasteiger partial charge in [0, 0.05) is 45.2 Å². The second-order valence-electron chi connectivity index (χ2n) is 8.11. The Bertz CT molecular complexity index is 823. The Kier molecular flexibility index (Phi) is 3.95. The summed E-state index contributed by atoms with van der Waals surface area (Å²) in [5.41, 5.74) is 1.50. The molecule has 2 aliphatic heterocycles. The lowest BCUT2D eigenvalue weighted by Gasteiger charge is -2.43. The van der Waals surface area contributed by atoms with Crippen molar-refractivity contribution in [2.75, 3.05) is 0 Å². The van der Waals surface area contributed by atoms with Crippen molar-refractivity contribution in [2.24, 2.45) is 14.1 Å². The number of amides is 1. The molecule has 4 heterocycles. The predicted molar refractivity (Wildman–Crippen MR) is 96.6 cm³/mol. The van der Waals surface area contributed by atoms with Crippen LogP contribution >= 0.6 is 0 Å². The van der Waals surface area contributed by atoms with Crippen molar-refractivity contribution in [1.29, 1.82) is 0 Å². The Morgan fingerprint density at radius 3 is 2.38 bits per heavy atom. The van der Waals surface area contributed by atoms with Gasteiger partial charge in [0.1, 0.15) is 11.3 Å². The fourth-order valence-electron chi connectivity index (χ4n) is 4.70. The van der Waals surface area contributed by atoms with Crippen LogP contribution in [0.3, 0.4) is 0 Å². The third kappa shape index (κ3) is 2.57. The maximum absolute atomic E-state index is 13.2. The summed E-state index contributed by atoms with van der Waals surface area (Å²) in [4.78, 5) is 15.2. The maximum Gasteiger partial charge on any atom is 0.272 e. The summed E-state index contributed by atoms with van der Waals surface area (Å²) in [6.45, 7) is 4.16. The second-order valence-corrected chi connectivity index (χ2v) is 8.11. The highest BCUT2D eigenvalue weighted by molar-refractivity contribution is 5.93. The molecule has 0 radical (unpaired) electrons. The van der Waals surface area contributed by atoms with E-state index in [1.165, 1.54) is 0 Å². The van der Waals surface area contributed by atoms with E-state index < -0.39 is 5.60 Å². The van der Waals surface area contributed by atoms with Crippen molar-refractivity contribution in [2.45, 2.75) is 63.1 Å². The number of carbonyl (C=O) groups is 1. The van der Waals surface area contributed by atoms with E-state index in [1.54, 1.807) is 15.6 Å². The molecule has 2 aromatic heterocycles. The molecule has 4 rings (SSSR count). The summed E-state index contributed by atoms with van der Waals surface area (Å²) in [7, 11) is 3.69. The van der Waals surface area contributed by atoms with Crippen LogP contribution in [0.5, 0.6) is 0 Å². The second kappa shape index (κ2) is 5.94. The summed E-state index contributed by atoms with van der Waals surface area (Å²) in [5, 5.41) is 20.0. The van der Waals surface area contributed by atoms with Crippen molar-refractivity contribution in [3.63, 3.8) is 0 Å². The van der Waals surface area contributed by atoms with Crippen LogP contribution in [0, 0.1) is 0 Å². The molecule has 2 aromatic rings. The van der Waals surface area contributed by atoms with Crippen LogP contribution in [0.25, 0.3) is 0 Å². The van der Waals surface area contributed by atoms with Crippen molar-refractivity contribution < 1.29 is 9.90 Å². The van der Waals surface area contributed by atoms with Crippen molar-refractivity contribution in [3.8, 4) is 0 Å². The molecule has 0 saturated carbocycles. The lowest BCUT2D eigenvalue weighted by molar-refractivity contribution is -0.0532. The molecule has 2 atom stereocenters. The molecule has 0 aliphatic carbocycles. The summed E-state index contributed by atoms with van der Waals surface area (Å²) >= 11 is 0. The third-order valence-corrected chi connectivity index (χ3v) is 6.01. The molecule has 7 nitrogen and oxygen atoms in total. The van der Waals surface area contributed by atoms with Gasteiger partial charge in [0.05, 0.1) is 11.4 Å². The Hall–Kier alpha value is -2.15. The van der Waals surface area contributed by atoms with Gasteiger partial charge in [-0.05, 0) is 30.9 Å². The monoisotopic (exact) mass is 357 g/mol. The zero-order valence-corrected chi connectivity index (χ0v) is 15.9. The van der Waals surface area contributed by atoms with Crippen LogP contribution in [0.15, 0.2) is 18.3 Å². The first-order chi connectivity index (χ1) is 12.3. The fourth-order valence-corrected chi connectivity index (χ4v) is 4.70. The molecule has 0 unspecified atom stereocenters. The highest BCUT2D eigenvalue weighted by atomic mass is 16.3. The standard InChI is InChI=1S/C19H27N5O2/c1-12(2)15-9-16(22(3)21-15)18(25)24-13-5-6-14(24)11-19(26,10-13)17-7-8-20-23(17)4/h7-9,12-14,26H,5-6,10-11H2,1-4H3/t13-,14-/m0/s1. The smallest absolute Gasteiger partial charge is 0.272 e. The van der Waals surface area contributed by atoms with E-state index in [4.69, 9.17) is 0 Å². The van der Waals surface area contributed by atoms with E-state index in [1.807, 2.05) is 31.1 Å². The van der Waals surface area contributed by atoms with Gasteiger partial charge in [0.2, 0.25) is 0 Å². The van der Waals surface area contributed by atoms with Crippen molar-refractivity contribution >= 4 is 5.91 Å². The number of carbonyl (C=O) groups excluding carboxylic acids is 1. The zero-order valence-electron chi connectivity index (χ0n) is 15.9. The quantitative estimate of drug-likeness (QED) is 0.911. The van der Waals surface area contributed by atoms with Gasteiger partial charge in [-0.15, -0.1) is 0 Å². The van der Waals surface area contributed by atoms with Gasteiger partial charge in [0.15, 0.2) is 0 Å². The van der Waals surface area contributed by atoms with Crippen molar-refractivity contribution in [3.05, 3.63) is 35.4 Å². The first-order valence-electron chi connectivity index (χ1n) is 9.37. The fraction of sp³-hybridized carbons (Fsp3) is 0.632. The average molecular weight is 357 g/mol. The molecule has 0 spiro atoms. The number of hydrogen-bond acceptors (Lipinski definition) is 4. The van der Waals surface area contributed by atoms with Crippen LogP contribution in [0.2, 0.25) is 0 Å². The SMILES string of the molecule is CC(C)c1cc(C(=O)N2[C@H]3CC[C@H]2CC(O)(c2ccnn2C)C3)n(C)n1. The van der Waals surface area contributed by atoms with E-state index in [2.05, 4.69) is 24.0 Å². The largest absolute Gasteiger partial charge is 0.383 e. The Morgan fingerprint density at radius 1 is 1.23 bits per heavy atom. The molecule has 0 aromatic carbocycles. The number of fused-ring (bicyclic) bond motifs is 2. The molecule has 1 amide bonds. The van der Waals surface area contributed by atoms with Gasteiger partial charge in [-0.2, -0.15) is 10.2 Å². The minimum atomic E-state index is -0.913. The van der Waals surface area contributed by atoms with E-state index in [0.717, 1.165) is 24.2 Å². The average Bonchev–Trinajstić information content (AvgIpc) is 3.24. The highest BCUT2D eigenvalue weighted by Gasteiger charge is 2.51. The number of aromatic nitrogens is 4. The highest BCUT2D eigenvalue weighted by Crippen LogP contribution is 2.46. The van der Waals surface area contributed by atoms with Crippen LogP contribution < -0.4 is 0 Å². The normalized spacial score (nSPS) is 28.2. The topological polar surface area (TPSA) is 76.2 Å². The molecule has 7 heteroatoms. The van der Waals surface area contributed by atoms with Gasteiger partial charge in [-0.3, -0.25) is 14.2 Å². The van der Waals surface area contributed by atoms with Gasteiger partial charge >= 0.3 is 0 Å². The maximum atomic E-state index is 13.2. The number of aliphatic hydroxyl groups is 1. The molecule has 2 saturated heterocycles. The van der Waals surface area contributed by atoms with Crippen LogP contribution in [-0.4, -0.2) is 47.6 Å². The molecule has 140 valence electrons. The summed E-state index contributed by atoms with van der Waals surface area (Å²) in [5.74, 6) is 0.321. The predicted octanol–water partition coefficient (Wildman–Crippen LogP) is 1.93. The summed E-state index contributed by atoms with van der Waals surface area (Å²) in [6, 6.07) is 3.90. The number of aryl methyl sites for hydroxylation is 2. The van der Waals surface area contributed by atoms with E-state index >= 15 is 0 Å². The van der Waals surface area contributed by atoms with Gasteiger partial charge in [-0.1, -0.05) is 13.8 Å². The third-order valence-electron chi connectivity index (χ3n) is 6.01. The molecule has 26 heavy (non-hydrogen) atoms. The first-order valence-corrected chi connectivity index (χ1v) is 9.37. The minimum absolute atomic E-state index is 0.0338. The first kappa shape index (κ1) is 17.3. The van der Waals surface area contributed by atoms with Gasteiger partial charge < -0.3 is 10.0 Å². The van der Waals surface area contributed by atoms with E-state index in [0.29, 0.717) is 18.5 Å². The lowest BCUT2D eigenvalue weighted by atomic mass is 9.83. The molecule has 1 N–H and O–H groups in total. The summed E-state index contributed by atoms with van der Waals surface area (Å²) in [6.07, 6.45) is 4.71. The van der Waals surface area contributed by atoms with Crippen LogP contribution in [0.4, 0.5) is 0 Å². The Balaban J connectivity index is 1.61. The van der Waals surface area contributed by atoms with Gasteiger partial charge in [0.25, 0.3) is 5.91 Å². The number of hydrogen-bond donors (Lipinski definition) is 1. The molecule has 2 bridgehead atoms. The van der Waals surface area contributed by atoms with Crippen molar-refractivity contribution in [1.82, 2.24) is 24.5 Å². The molecule has 2 aliphatic rings. The number of nitrogens with zero attached hydrogens (tertiary/aromatic N) is 5. The Morgan fingerprint density at radius 2 is 1.88 bits per heavy atom. The van der Waals surface area contributed by atoms with Crippen LogP contribution in [-0.2, 0) is 19.7 Å². The Labute approximate surface area is 153 Å².